The molecule has 0 spiro atoms. The van der Waals surface area contributed by atoms with Crippen LogP contribution in [-0.4, -0.2) is 18.4 Å². The van der Waals surface area contributed by atoms with Crippen LogP contribution in [0.2, 0.25) is 0 Å². The van der Waals surface area contributed by atoms with Gasteiger partial charge in [-0.15, -0.1) is 0 Å². The average molecular weight is 334 g/mol. The van der Waals surface area contributed by atoms with Crippen molar-refractivity contribution in [3.8, 4) is 0 Å². The topological polar surface area (TPSA) is 49.4 Å². The molecule has 25 heavy (non-hydrogen) atoms. The fraction of sp³-hybridized carbons (Fsp3) is 0.238. The first-order chi connectivity index (χ1) is 12.1. The molecule has 0 atom stereocenters. The third-order valence-corrected chi connectivity index (χ3v) is 4.52. The standard InChI is InChI=1S/C21H22N2O2/c1-3-19(24)22-14-16-9-11-18(12-10-16)21(25)23-13-5-8-17-7-4-6-15(2)20(17)23/h3-4,6-7,9-12H,1,5,8,13-14H2,2H3,(H,22,24). The average Bonchev–Trinajstić information content (AvgIpc) is 2.65. The van der Waals surface area contributed by atoms with E-state index in [1.165, 1.54) is 11.6 Å². The Bertz CT molecular complexity index is 809. The molecule has 0 saturated carbocycles. The third kappa shape index (κ3) is 3.63. The lowest BCUT2D eigenvalue weighted by atomic mass is 9.97. The minimum absolute atomic E-state index is 0.0249. The van der Waals surface area contributed by atoms with Crippen LogP contribution in [0.1, 0.15) is 33.5 Å². The maximum absolute atomic E-state index is 13.0. The van der Waals surface area contributed by atoms with Gasteiger partial charge in [0.15, 0.2) is 0 Å². The minimum Gasteiger partial charge on any atom is -0.348 e. The molecule has 1 heterocycles. The smallest absolute Gasteiger partial charge is 0.258 e. The molecule has 0 aliphatic carbocycles. The predicted octanol–water partition coefficient (Wildman–Crippen LogP) is 3.39. The number of rotatable bonds is 4. The van der Waals surface area contributed by atoms with Crippen molar-refractivity contribution in [2.24, 2.45) is 0 Å². The minimum atomic E-state index is -0.208. The van der Waals surface area contributed by atoms with Crippen molar-refractivity contribution in [3.63, 3.8) is 0 Å². The fourth-order valence-corrected chi connectivity index (χ4v) is 3.23. The molecule has 0 bridgehead atoms. The monoisotopic (exact) mass is 334 g/mol. The predicted molar refractivity (Wildman–Crippen MR) is 99.7 cm³/mol. The molecule has 3 rings (SSSR count). The molecule has 128 valence electrons. The van der Waals surface area contributed by atoms with Crippen molar-refractivity contribution in [1.29, 1.82) is 0 Å². The van der Waals surface area contributed by atoms with E-state index in [9.17, 15) is 9.59 Å². The van der Waals surface area contributed by atoms with Gasteiger partial charge in [-0.3, -0.25) is 9.59 Å². The Morgan fingerprint density at radius 1 is 1.20 bits per heavy atom. The van der Waals surface area contributed by atoms with E-state index < -0.39 is 0 Å². The summed E-state index contributed by atoms with van der Waals surface area (Å²) >= 11 is 0. The summed E-state index contributed by atoms with van der Waals surface area (Å²) in [5.41, 5.74) is 5.04. The first-order valence-electron chi connectivity index (χ1n) is 8.49. The van der Waals surface area contributed by atoms with Gasteiger partial charge in [0.05, 0.1) is 5.69 Å². The Morgan fingerprint density at radius 3 is 2.68 bits per heavy atom. The third-order valence-electron chi connectivity index (χ3n) is 4.52. The van der Waals surface area contributed by atoms with Crippen molar-refractivity contribution >= 4 is 17.5 Å². The van der Waals surface area contributed by atoms with Crippen LogP contribution in [-0.2, 0) is 17.8 Å². The van der Waals surface area contributed by atoms with Gasteiger partial charge >= 0.3 is 0 Å². The van der Waals surface area contributed by atoms with Gasteiger partial charge in [-0.2, -0.15) is 0 Å². The van der Waals surface area contributed by atoms with Crippen LogP contribution in [0, 0.1) is 6.92 Å². The number of hydrogen-bond donors (Lipinski definition) is 1. The van der Waals surface area contributed by atoms with Gasteiger partial charge in [-0.1, -0.05) is 36.9 Å². The molecule has 0 unspecified atom stereocenters. The lowest BCUT2D eigenvalue weighted by Gasteiger charge is -2.31. The van der Waals surface area contributed by atoms with E-state index in [1.807, 2.05) is 29.2 Å². The zero-order chi connectivity index (χ0) is 17.8. The van der Waals surface area contributed by atoms with Crippen molar-refractivity contribution in [2.75, 3.05) is 11.4 Å². The number of aryl methyl sites for hydroxylation is 2. The van der Waals surface area contributed by atoms with E-state index in [0.29, 0.717) is 12.1 Å². The summed E-state index contributed by atoms with van der Waals surface area (Å²) in [6, 6.07) is 13.6. The van der Waals surface area contributed by atoms with Gasteiger partial charge in [-0.05, 0) is 54.7 Å². The van der Waals surface area contributed by atoms with Crippen LogP contribution >= 0.6 is 0 Å². The highest BCUT2D eigenvalue weighted by Gasteiger charge is 2.24. The van der Waals surface area contributed by atoms with Crippen LogP contribution in [0.15, 0.2) is 55.1 Å². The van der Waals surface area contributed by atoms with E-state index >= 15 is 0 Å². The Balaban J connectivity index is 1.78. The summed E-state index contributed by atoms with van der Waals surface area (Å²) in [5.74, 6) is -0.183. The molecule has 0 saturated heterocycles. The maximum Gasteiger partial charge on any atom is 0.258 e. The van der Waals surface area contributed by atoms with Gasteiger partial charge in [0.1, 0.15) is 0 Å². The zero-order valence-corrected chi connectivity index (χ0v) is 14.4. The van der Waals surface area contributed by atoms with Gasteiger partial charge in [0.2, 0.25) is 5.91 Å². The van der Waals surface area contributed by atoms with E-state index in [-0.39, 0.29) is 11.8 Å². The summed E-state index contributed by atoms with van der Waals surface area (Å²) in [6.45, 7) is 6.64. The highest BCUT2D eigenvalue weighted by atomic mass is 16.2. The van der Waals surface area contributed by atoms with Gasteiger partial charge in [-0.25, -0.2) is 0 Å². The molecular weight excluding hydrogens is 312 g/mol. The van der Waals surface area contributed by atoms with E-state index in [0.717, 1.165) is 36.2 Å². The molecule has 1 aliphatic heterocycles. The highest BCUT2D eigenvalue weighted by Crippen LogP contribution is 2.31. The second-order valence-corrected chi connectivity index (χ2v) is 6.26. The molecule has 2 amide bonds. The number of hydrogen-bond acceptors (Lipinski definition) is 2. The lowest BCUT2D eigenvalue weighted by Crippen LogP contribution is -2.36. The van der Waals surface area contributed by atoms with E-state index in [2.05, 4.69) is 37.0 Å². The number of fused-ring (bicyclic) bond motifs is 1. The molecule has 4 heteroatoms. The SMILES string of the molecule is C=CC(=O)NCc1ccc(C(=O)N2CCCc3cccc(C)c32)cc1. The van der Waals surface area contributed by atoms with Crippen molar-refractivity contribution in [1.82, 2.24) is 5.32 Å². The molecule has 2 aromatic rings. The highest BCUT2D eigenvalue weighted by molar-refractivity contribution is 6.07. The van der Waals surface area contributed by atoms with Gasteiger partial charge < -0.3 is 10.2 Å². The van der Waals surface area contributed by atoms with Crippen LogP contribution in [0.4, 0.5) is 5.69 Å². The number of benzene rings is 2. The van der Waals surface area contributed by atoms with Crippen LogP contribution in [0.25, 0.3) is 0 Å². The second kappa shape index (κ2) is 7.34. The largest absolute Gasteiger partial charge is 0.348 e. The Kier molecular flexibility index (Phi) is 4.98. The quantitative estimate of drug-likeness (QED) is 0.871. The molecular formula is C21H22N2O2. The number of amides is 2. The van der Waals surface area contributed by atoms with Gasteiger partial charge in [0.25, 0.3) is 5.91 Å². The number of carbonyl (C=O) groups is 2. The van der Waals surface area contributed by atoms with Gasteiger partial charge in [0, 0.05) is 18.7 Å². The molecule has 1 aliphatic rings. The normalized spacial score (nSPS) is 13.1. The molecule has 0 fully saturated rings. The molecule has 2 aromatic carbocycles. The molecule has 0 radical (unpaired) electrons. The molecule has 1 N–H and O–H groups in total. The number of anilines is 1. The summed E-state index contributed by atoms with van der Waals surface area (Å²) in [5, 5.41) is 2.73. The van der Waals surface area contributed by atoms with Crippen LogP contribution in [0.3, 0.4) is 0 Å². The lowest BCUT2D eigenvalue weighted by molar-refractivity contribution is -0.116. The van der Waals surface area contributed by atoms with E-state index in [1.54, 1.807) is 0 Å². The number of carbonyl (C=O) groups excluding carboxylic acids is 2. The summed E-state index contributed by atoms with van der Waals surface area (Å²) in [4.78, 5) is 26.1. The molecule has 0 aromatic heterocycles. The van der Waals surface area contributed by atoms with Crippen LogP contribution < -0.4 is 10.2 Å². The Morgan fingerprint density at radius 2 is 1.96 bits per heavy atom. The molecule has 4 nitrogen and oxygen atoms in total. The van der Waals surface area contributed by atoms with E-state index in [4.69, 9.17) is 0 Å². The van der Waals surface area contributed by atoms with Crippen molar-refractivity contribution in [2.45, 2.75) is 26.3 Å². The number of nitrogens with zero attached hydrogens (tertiary/aromatic N) is 1. The van der Waals surface area contributed by atoms with Crippen LogP contribution in [0.5, 0.6) is 0 Å². The number of nitrogens with one attached hydrogen (secondary N) is 1. The Hall–Kier alpha value is -2.88. The summed E-state index contributed by atoms with van der Waals surface area (Å²) < 4.78 is 0. The first kappa shape index (κ1) is 17.0. The maximum atomic E-state index is 13.0. The number of para-hydroxylation sites is 1. The zero-order valence-electron chi connectivity index (χ0n) is 14.4. The Labute approximate surface area is 148 Å². The first-order valence-corrected chi connectivity index (χ1v) is 8.49. The summed E-state index contributed by atoms with van der Waals surface area (Å²) in [6.07, 6.45) is 3.24. The fourth-order valence-electron chi connectivity index (χ4n) is 3.23. The van der Waals surface area contributed by atoms with Crippen molar-refractivity contribution in [3.05, 3.63) is 77.4 Å². The van der Waals surface area contributed by atoms with Crippen molar-refractivity contribution < 1.29 is 9.59 Å². The second-order valence-electron chi connectivity index (χ2n) is 6.26. The summed E-state index contributed by atoms with van der Waals surface area (Å²) in [7, 11) is 0.